The second-order valence-electron chi connectivity index (χ2n) is 7.84. The van der Waals surface area contributed by atoms with Crippen molar-refractivity contribution in [2.24, 2.45) is 0 Å². The van der Waals surface area contributed by atoms with E-state index in [2.05, 4.69) is 28.9 Å². The van der Waals surface area contributed by atoms with Crippen LogP contribution in [0.5, 0.6) is 0 Å². The molecule has 156 valence electrons. The number of carbonyl (C=O) groups is 1. The second kappa shape index (κ2) is 8.77. The zero-order valence-electron chi connectivity index (χ0n) is 17.3. The molecule has 1 aliphatic carbocycles. The van der Waals surface area contributed by atoms with Gasteiger partial charge in [-0.15, -0.1) is 17.9 Å². The van der Waals surface area contributed by atoms with Crippen LogP contribution < -0.4 is 0 Å². The third-order valence-corrected chi connectivity index (χ3v) is 6.75. The third-order valence-electron chi connectivity index (χ3n) is 5.80. The third kappa shape index (κ3) is 4.29. The van der Waals surface area contributed by atoms with Gasteiger partial charge in [-0.3, -0.25) is 14.4 Å². The number of aromatic nitrogens is 3. The summed E-state index contributed by atoms with van der Waals surface area (Å²) in [5.41, 5.74) is 4.00. The normalized spacial score (nSPS) is 19.4. The second-order valence-corrected chi connectivity index (χ2v) is 8.79. The average Bonchev–Trinajstić information content (AvgIpc) is 3.31. The molecule has 0 bridgehead atoms. The van der Waals surface area contributed by atoms with Crippen molar-refractivity contribution in [1.82, 2.24) is 24.6 Å². The fourth-order valence-electron chi connectivity index (χ4n) is 4.22. The smallest absolute Gasteiger partial charge is 0.274 e. The molecule has 0 saturated carbocycles. The Labute approximate surface area is 176 Å². The average molecular weight is 416 g/mol. The molecule has 0 aromatic carbocycles. The molecular formula is C21H29N5O2S. The number of thiazole rings is 1. The molecule has 2 aliphatic rings. The molecule has 2 aromatic heterocycles. The number of hydrogen-bond donors (Lipinski definition) is 0. The summed E-state index contributed by atoms with van der Waals surface area (Å²) in [6, 6.07) is 0.379. The molecule has 0 N–H and O–H groups in total. The molecule has 1 saturated heterocycles. The van der Waals surface area contributed by atoms with E-state index in [4.69, 9.17) is 9.84 Å². The Bertz CT molecular complexity index is 884. The summed E-state index contributed by atoms with van der Waals surface area (Å²) in [6.45, 7) is 9.82. The molecule has 2 aromatic rings. The maximum absolute atomic E-state index is 13.2. The minimum atomic E-state index is 0.0335. The van der Waals surface area contributed by atoms with Gasteiger partial charge in [-0.2, -0.15) is 5.10 Å². The fourth-order valence-corrected chi connectivity index (χ4v) is 5.06. The van der Waals surface area contributed by atoms with Gasteiger partial charge in [-0.25, -0.2) is 4.98 Å². The summed E-state index contributed by atoms with van der Waals surface area (Å²) < 4.78 is 7.37. The number of nitrogens with zero attached hydrogens (tertiary/aromatic N) is 5. The monoisotopic (exact) mass is 415 g/mol. The first kappa shape index (κ1) is 20.3. The van der Waals surface area contributed by atoms with Crippen molar-refractivity contribution in [2.75, 3.05) is 33.4 Å². The van der Waals surface area contributed by atoms with Gasteiger partial charge in [0, 0.05) is 41.5 Å². The van der Waals surface area contributed by atoms with Gasteiger partial charge >= 0.3 is 0 Å². The summed E-state index contributed by atoms with van der Waals surface area (Å²) in [5.74, 6) is 0.0335. The number of ether oxygens (including phenoxy) is 1. The molecule has 1 aliphatic heterocycles. The van der Waals surface area contributed by atoms with Crippen LogP contribution in [0.15, 0.2) is 18.0 Å². The predicted molar refractivity (Wildman–Crippen MR) is 113 cm³/mol. The van der Waals surface area contributed by atoms with E-state index >= 15 is 0 Å². The van der Waals surface area contributed by atoms with Gasteiger partial charge < -0.3 is 9.64 Å². The van der Waals surface area contributed by atoms with Gasteiger partial charge in [0.2, 0.25) is 0 Å². The van der Waals surface area contributed by atoms with Crippen LogP contribution in [-0.4, -0.2) is 69.9 Å². The number of morpholine rings is 1. The van der Waals surface area contributed by atoms with Crippen molar-refractivity contribution >= 4 is 17.2 Å². The topological polar surface area (TPSA) is 63.5 Å². The first-order valence-corrected chi connectivity index (χ1v) is 11.1. The van der Waals surface area contributed by atoms with Crippen LogP contribution in [0.25, 0.3) is 0 Å². The molecule has 0 spiro atoms. The first-order valence-electron chi connectivity index (χ1n) is 10.2. The summed E-state index contributed by atoms with van der Waals surface area (Å²) >= 11 is 1.71. The lowest BCUT2D eigenvalue weighted by Crippen LogP contribution is -2.42. The lowest BCUT2D eigenvalue weighted by Gasteiger charge is -2.31. The van der Waals surface area contributed by atoms with Gasteiger partial charge in [0.15, 0.2) is 5.69 Å². The highest BCUT2D eigenvalue weighted by Crippen LogP contribution is 2.29. The standard InChI is InChI=1S/C21H29N5O2S/c1-4-7-26-18-6-5-16(24(3)13-19-22-15(2)14-29-19)12-17(18)20(23-26)21(27)25-8-10-28-11-9-25/h4,14,16H,1,5-13H2,2-3H3/t16-/m0/s1. The van der Waals surface area contributed by atoms with Crippen LogP contribution >= 0.6 is 11.3 Å². The highest BCUT2D eigenvalue weighted by molar-refractivity contribution is 7.09. The number of amides is 1. The minimum Gasteiger partial charge on any atom is -0.378 e. The number of carbonyl (C=O) groups excluding carboxylic acids is 1. The number of hydrogen-bond acceptors (Lipinski definition) is 6. The van der Waals surface area contributed by atoms with Gasteiger partial charge in [-0.1, -0.05) is 6.08 Å². The van der Waals surface area contributed by atoms with E-state index < -0.39 is 0 Å². The Kier molecular flexibility index (Phi) is 6.12. The van der Waals surface area contributed by atoms with E-state index in [0.717, 1.165) is 42.1 Å². The molecule has 3 heterocycles. The van der Waals surface area contributed by atoms with E-state index in [1.807, 2.05) is 22.6 Å². The summed E-state index contributed by atoms with van der Waals surface area (Å²) in [6.07, 6.45) is 4.68. The minimum absolute atomic E-state index is 0.0335. The largest absolute Gasteiger partial charge is 0.378 e. The quantitative estimate of drug-likeness (QED) is 0.678. The number of fused-ring (bicyclic) bond motifs is 1. The van der Waals surface area contributed by atoms with Crippen molar-refractivity contribution in [3.05, 3.63) is 45.7 Å². The molecule has 1 fully saturated rings. The Morgan fingerprint density at radius 1 is 1.45 bits per heavy atom. The van der Waals surface area contributed by atoms with Crippen LogP contribution in [0.2, 0.25) is 0 Å². The highest BCUT2D eigenvalue weighted by atomic mass is 32.1. The fraction of sp³-hybridized carbons (Fsp3) is 0.571. The van der Waals surface area contributed by atoms with Crippen molar-refractivity contribution in [3.8, 4) is 0 Å². The van der Waals surface area contributed by atoms with Crippen molar-refractivity contribution in [3.63, 3.8) is 0 Å². The summed E-state index contributed by atoms with van der Waals surface area (Å²) in [7, 11) is 2.16. The molecule has 29 heavy (non-hydrogen) atoms. The first-order chi connectivity index (χ1) is 14.1. The Morgan fingerprint density at radius 3 is 2.93 bits per heavy atom. The maximum atomic E-state index is 13.2. The molecule has 7 nitrogen and oxygen atoms in total. The molecule has 0 unspecified atom stereocenters. The molecule has 1 amide bonds. The van der Waals surface area contributed by atoms with Crippen molar-refractivity contribution in [2.45, 2.75) is 45.3 Å². The molecule has 8 heteroatoms. The van der Waals surface area contributed by atoms with E-state index in [1.165, 1.54) is 5.69 Å². The lowest BCUT2D eigenvalue weighted by molar-refractivity contribution is 0.0297. The van der Waals surface area contributed by atoms with Crippen LogP contribution in [0.1, 0.15) is 38.9 Å². The molecule has 1 atom stereocenters. The number of aryl methyl sites for hydroxylation is 1. The molecular weight excluding hydrogens is 386 g/mol. The molecule has 4 rings (SSSR count). The van der Waals surface area contributed by atoms with Gasteiger partial charge in [0.05, 0.1) is 26.3 Å². The summed E-state index contributed by atoms with van der Waals surface area (Å²) in [4.78, 5) is 22.0. The van der Waals surface area contributed by atoms with E-state index in [-0.39, 0.29) is 5.91 Å². The van der Waals surface area contributed by atoms with Crippen LogP contribution in [0.4, 0.5) is 0 Å². The zero-order valence-corrected chi connectivity index (χ0v) is 18.1. The van der Waals surface area contributed by atoms with Crippen LogP contribution in [-0.2, 0) is 30.7 Å². The van der Waals surface area contributed by atoms with Crippen LogP contribution in [0.3, 0.4) is 0 Å². The van der Waals surface area contributed by atoms with Crippen molar-refractivity contribution < 1.29 is 9.53 Å². The Morgan fingerprint density at radius 2 is 2.24 bits per heavy atom. The van der Waals surface area contributed by atoms with Gasteiger partial charge in [0.25, 0.3) is 5.91 Å². The molecule has 0 radical (unpaired) electrons. The highest BCUT2D eigenvalue weighted by Gasteiger charge is 2.32. The van der Waals surface area contributed by atoms with Gasteiger partial charge in [0.1, 0.15) is 5.01 Å². The van der Waals surface area contributed by atoms with Crippen molar-refractivity contribution in [1.29, 1.82) is 0 Å². The maximum Gasteiger partial charge on any atom is 0.274 e. The number of allylic oxidation sites excluding steroid dienone is 1. The number of likely N-dealkylation sites (N-methyl/N-ethyl adjacent to an activating group) is 1. The van der Waals surface area contributed by atoms with E-state index in [0.29, 0.717) is 44.6 Å². The Hall–Kier alpha value is -2.03. The number of rotatable bonds is 6. The predicted octanol–water partition coefficient (Wildman–Crippen LogP) is 2.30. The Balaban J connectivity index is 1.56. The summed E-state index contributed by atoms with van der Waals surface area (Å²) in [5, 5.41) is 7.96. The van der Waals surface area contributed by atoms with Gasteiger partial charge in [-0.05, 0) is 33.2 Å². The van der Waals surface area contributed by atoms with Crippen LogP contribution in [0, 0.1) is 6.92 Å². The zero-order chi connectivity index (χ0) is 20.4. The van der Waals surface area contributed by atoms with E-state index in [1.54, 1.807) is 11.3 Å². The van der Waals surface area contributed by atoms with E-state index in [9.17, 15) is 4.79 Å². The SMILES string of the molecule is C=CCn1nc(C(=O)N2CCOCC2)c2c1CC[C@H](N(C)Cc1nc(C)cs1)C2. The lowest BCUT2D eigenvalue weighted by atomic mass is 9.90.